The van der Waals surface area contributed by atoms with Crippen LogP contribution in [0.4, 0.5) is 5.69 Å². The number of ketones is 1. The number of Topliss-reactive ketones (excluding diaryl/α,β-unsaturated/α-hetero) is 1. The number of nitro benzene ring substituents is 1. The molecule has 0 bridgehead atoms. The highest BCUT2D eigenvalue weighted by Gasteiger charge is 2.26. The Balaban J connectivity index is 2.23. The number of nitrogens with zero attached hydrogens (tertiary/aromatic N) is 2. The third-order valence-electron chi connectivity index (χ3n) is 2.94. The fourth-order valence-electron chi connectivity index (χ4n) is 1.94. The molecule has 2 rings (SSSR count). The number of rotatable bonds is 2. The molecule has 0 N–H and O–H groups in total. The summed E-state index contributed by atoms with van der Waals surface area (Å²) >= 11 is 0. The molecule has 1 aliphatic rings. The van der Waals surface area contributed by atoms with E-state index in [1.54, 1.807) is 6.07 Å². The summed E-state index contributed by atoms with van der Waals surface area (Å²) in [7, 11) is 0. The Bertz CT molecular complexity index is 503. The average molecular weight is 248 g/mol. The van der Waals surface area contributed by atoms with Crippen LogP contribution in [0.5, 0.6) is 0 Å². The van der Waals surface area contributed by atoms with Gasteiger partial charge in [0.05, 0.1) is 4.92 Å². The number of piperidine rings is 1. The van der Waals surface area contributed by atoms with Crippen molar-refractivity contribution < 1.29 is 14.5 Å². The van der Waals surface area contributed by atoms with E-state index in [1.807, 2.05) is 0 Å². The van der Waals surface area contributed by atoms with Crippen molar-refractivity contribution in [2.24, 2.45) is 0 Å². The SMILES string of the molecule is O=C1CCN(C(=O)c2ccccc2[N+](=O)[O-])CC1. The van der Waals surface area contributed by atoms with Gasteiger partial charge in [-0.1, -0.05) is 12.1 Å². The maximum Gasteiger partial charge on any atom is 0.282 e. The van der Waals surface area contributed by atoms with Crippen molar-refractivity contribution in [2.45, 2.75) is 12.8 Å². The third kappa shape index (κ3) is 2.37. The first-order chi connectivity index (χ1) is 8.59. The lowest BCUT2D eigenvalue weighted by Crippen LogP contribution is -2.38. The zero-order valence-electron chi connectivity index (χ0n) is 9.67. The van der Waals surface area contributed by atoms with Crippen LogP contribution >= 0.6 is 0 Å². The van der Waals surface area contributed by atoms with Crippen LogP contribution in [0.15, 0.2) is 24.3 Å². The highest BCUT2D eigenvalue weighted by Crippen LogP contribution is 2.20. The van der Waals surface area contributed by atoms with Gasteiger partial charge in [-0.2, -0.15) is 0 Å². The van der Waals surface area contributed by atoms with Gasteiger partial charge in [0.25, 0.3) is 11.6 Å². The molecule has 18 heavy (non-hydrogen) atoms. The molecule has 0 unspecified atom stereocenters. The summed E-state index contributed by atoms with van der Waals surface area (Å²) in [6, 6.07) is 5.86. The number of hydrogen-bond donors (Lipinski definition) is 0. The molecule has 6 heteroatoms. The maximum atomic E-state index is 12.1. The van der Waals surface area contributed by atoms with E-state index >= 15 is 0 Å². The van der Waals surface area contributed by atoms with Crippen LogP contribution < -0.4 is 0 Å². The lowest BCUT2D eigenvalue weighted by Gasteiger charge is -2.25. The molecule has 6 nitrogen and oxygen atoms in total. The number of para-hydroxylation sites is 1. The second-order valence-corrected chi connectivity index (χ2v) is 4.11. The molecular weight excluding hydrogens is 236 g/mol. The predicted octanol–water partition coefficient (Wildman–Crippen LogP) is 1.40. The highest BCUT2D eigenvalue weighted by molar-refractivity contribution is 5.99. The summed E-state index contributed by atoms with van der Waals surface area (Å²) in [5.74, 6) is -0.253. The van der Waals surface area contributed by atoms with E-state index in [0.717, 1.165) is 0 Å². The van der Waals surface area contributed by atoms with E-state index in [1.165, 1.54) is 23.1 Å². The third-order valence-corrected chi connectivity index (χ3v) is 2.94. The normalized spacial score (nSPS) is 15.6. The van der Waals surface area contributed by atoms with E-state index in [4.69, 9.17) is 0 Å². The monoisotopic (exact) mass is 248 g/mol. The first kappa shape index (κ1) is 12.2. The van der Waals surface area contributed by atoms with E-state index in [2.05, 4.69) is 0 Å². The van der Waals surface area contributed by atoms with Crippen molar-refractivity contribution in [2.75, 3.05) is 13.1 Å². The smallest absolute Gasteiger partial charge is 0.282 e. The summed E-state index contributed by atoms with van der Waals surface area (Å²) in [6.45, 7) is 0.674. The molecule has 1 heterocycles. The number of amides is 1. The topological polar surface area (TPSA) is 80.5 Å². The zero-order chi connectivity index (χ0) is 13.1. The van der Waals surface area contributed by atoms with Gasteiger partial charge in [-0.15, -0.1) is 0 Å². The summed E-state index contributed by atoms with van der Waals surface area (Å²) < 4.78 is 0. The Labute approximate surface area is 103 Å². The van der Waals surface area contributed by atoms with Crippen molar-refractivity contribution in [1.82, 2.24) is 4.90 Å². The molecule has 0 atom stereocenters. The van der Waals surface area contributed by atoms with Crippen molar-refractivity contribution >= 4 is 17.4 Å². The van der Waals surface area contributed by atoms with E-state index in [9.17, 15) is 19.7 Å². The predicted molar refractivity (Wildman–Crippen MR) is 63.2 cm³/mol. The van der Waals surface area contributed by atoms with E-state index in [-0.39, 0.29) is 22.9 Å². The molecule has 1 aliphatic heterocycles. The van der Waals surface area contributed by atoms with Crippen LogP contribution in [-0.2, 0) is 4.79 Å². The Morgan fingerprint density at radius 1 is 1.22 bits per heavy atom. The molecule has 1 aromatic carbocycles. The van der Waals surface area contributed by atoms with Gasteiger partial charge >= 0.3 is 0 Å². The van der Waals surface area contributed by atoms with Crippen molar-refractivity contribution in [3.05, 3.63) is 39.9 Å². The van der Waals surface area contributed by atoms with Gasteiger partial charge in [0.1, 0.15) is 11.3 Å². The summed E-state index contributed by atoms with van der Waals surface area (Å²) in [5.41, 5.74) is -0.115. The van der Waals surface area contributed by atoms with Crippen LogP contribution in [0.2, 0.25) is 0 Å². The van der Waals surface area contributed by atoms with Crippen LogP contribution in [0.25, 0.3) is 0 Å². The number of nitro groups is 1. The number of likely N-dealkylation sites (tertiary alicyclic amines) is 1. The van der Waals surface area contributed by atoms with Gasteiger partial charge < -0.3 is 4.90 Å². The Morgan fingerprint density at radius 2 is 1.83 bits per heavy atom. The molecule has 0 aromatic heterocycles. The van der Waals surface area contributed by atoms with Crippen LogP contribution in [0.3, 0.4) is 0 Å². The van der Waals surface area contributed by atoms with Crippen LogP contribution in [-0.4, -0.2) is 34.6 Å². The zero-order valence-corrected chi connectivity index (χ0v) is 9.67. The Morgan fingerprint density at radius 3 is 2.44 bits per heavy atom. The minimum atomic E-state index is -0.567. The number of carbonyl (C=O) groups excluding carboxylic acids is 2. The molecule has 94 valence electrons. The molecule has 0 saturated carbocycles. The number of hydrogen-bond acceptors (Lipinski definition) is 4. The van der Waals surface area contributed by atoms with Crippen LogP contribution in [0, 0.1) is 10.1 Å². The molecule has 0 aliphatic carbocycles. The molecular formula is C12H12N2O4. The summed E-state index contributed by atoms with van der Waals surface area (Å²) in [5, 5.41) is 10.8. The van der Waals surface area contributed by atoms with Gasteiger partial charge in [-0.25, -0.2) is 0 Å². The fraction of sp³-hybridized carbons (Fsp3) is 0.333. The van der Waals surface area contributed by atoms with E-state index in [0.29, 0.717) is 25.9 Å². The molecule has 0 spiro atoms. The van der Waals surface area contributed by atoms with Crippen molar-refractivity contribution in [3.8, 4) is 0 Å². The van der Waals surface area contributed by atoms with Crippen molar-refractivity contribution in [1.29, 1.82) is 0 Å². The maximum absolute atomic E-state index is 12.1. The second kappa shape index (κ2) is 4.95. The highest BCUT2D eigenvalue weighted by atomic mass is 16.6. The number of carbonyl (C=O) groups is 2. The van der Waals surface area contributed by atoms with E-state index < -0.39 is 4.92 Å². The molecule has 0 radical (unpaired) electrons. The Hall–Kier alpha value is -2.24. The minimum absolute atomic E-state index is 0.0804. The molecule has 1 amide bonds. The Kier molecular flexibility index (Phi) is 3.36. The second-order valence-electron chi connectivity index (χ2n) is 4.11. The average Bonchev–Trinajstić information content (AvgIpc) is 2.39. The van der Waals surface area contributed by atoms with Gasteiger partial charge in [0.15, 0.2) is 0 Å². The molecule has 1 aromatic rings. The number of benzene rings is 1. The van der Waals surface area contributed by atoms with Crippen LogP contribution in [0.1, 0.15) is 23.2 Å². The molecule has 1 saturated heterocycles. The van der Waals surface area contributed by atoms with Gasteiger partial charge in [-0.3, -0.25) is 19.7 Å². The van der Waals surface area contributed by atoms with Gasteiger partial charge in [-0.05, 0) is 6.07 Å². The fourth-order valence-corrected chi connectivity index (χ4v) is 1.94. The largest absolute Gasteiger partial charge is 0.338 e. The quantitative estimate of drug-likeness (QED) is 0.585. The first-order valence-corrected chi connectivity index (χ1v) is 5.64. The summed E-state index contributed by atoms with van der Waals surface area (Å²) in [6.07, 6.45) is 0.652. The molecule has 1 fully saturated rings. The lowest BCUT2D eigenvalue weighted by molar-refractivity contribution is -0.385. The minimum Gasteiger partial charge on any atom is -0.338 e. The van der Waals surface area contributed by atoms with Gasteiger partial charge in [0, 0.05) is 32.0 Å². The summed E-state index contributed by atoms with van der Waals surface area (Å²) in [4.78, 5) is 35.0. The standard InChI is InChI=1S/C12H12N2O4/c15-9-5-7-13(8-6-9)12(16)10-3-1-2-4-11(10)14(17)18/h1-4H,5-8H2. The van der Waals surface area contributed by atoms with Gasteiger partial charge in [0.2, 0.25) is 0 Å². The van der Waals surface area contributed by atoms with Crippen molar-refractivity contribution in [3.63, 3.8) is 0 Å². The lowest BCUT2D eigenvalue weighted by atomic mass is 10.1. The first-order valence-electron chi connectivity index (χ1n) is 5.64.